The van der Waals surface area contributed by atoms with Crippen LogP contribution in [0.4, 0.5) is 5.69 Å². The van der Waals surface area contributed by atoms with Gasteiger partial charge in [-0.05, 0) is 50.2 Å². The van der Waals surface area contributed by atoms with Crippen molar-refractivity contribution in [1.82, 2.24) is 19.2 Å². The van der Waals surface area contributed by atoms with Crippen LogP contribution in [0.15, 0.2) is 59.9 Å². The minimum Gasteiger partial charge on any atom is -0.321 e. The average molecular weight is 409 g/mol. The SMILES string of the molecule is Cc1cc(C)n(-c2cccc(NC(=O)c3nc(S(C)(=O)=O)n4ccccc34)c2)n1. The molecule has 148 valence electrons. The number of benzene rings is 1. The number of pyridine rings is 1. The Labute approximate surface area is 167 Å². The van der Waals surface area contributed by atoms with E-state index in [1.165, 1.54) is 4.40 Å². The smallest absolute Gasteiger partial charge is 0.276 e. The maximum atomic E-state index is 12.9. The number of fused-ring (bicyclic) bond motifs is 1. The first-order valence-electron chi connectivity index (χ1n) is 8.86. The number of hydrogen-bond acceptors (Lipinski definition) is 5. The fourth-order valence-electron chi connectivity index (χ4n) is 3.23. The van der Waals surface area contributed by atoms with E-state index in [-0.39, 0.29) is 10.9 Å². The fraction of sp³-hybridized carbons (Fsp3) is 0.150. The molecule has 0 saturated carbocycles. The summed E-state index contributed by atoms with van der Waals surface area (Å²) in [5.74, 6) is -0.492. The largest absolute Gasteiger partial charge is 0.321 e. The first-order chi connectivity index (χ1) is 13.7. The van der Waals surface area contributed by atoms with E-state index in [4.69, 9.17) is 0 Å². The molecule has 0 atom stereocenters. The van der Waals surface area contributed by atoms with Gasteiger partial charge in [-0.1, -0.05) is 12.1 Å². The molecular weight excluding hydrogens is 390 g/mol. The average Bonchev–Trinajstić information content (AvgIpc) is 3.21. The standard InChI is InChI=1S/C20H19N5O3S/c1-13-11-14(2)25(23-13)16-8-6-7-15(12-16)21-19(26)18-17-9-4-5-10-24(17)20(22-18)29(3,27)28/h4-12H,1-3H3,(H,21,26). The molecule has 0 aliphatic heterocycles. The predicted molar refractivity (Wildman–Crippen MR) is 109 cm³/mol. The summed E-state index contributed by atoms with van der Waals surface area (Å²) in [4.78, 5) is 17.0. The van der Waals surface area contributed by atoms with Crippen molar-refractivity contribution in [3.05, 3.63) is 71.8 Å². The van der Waals surface area contributed by atoms with Gasteiger partial charge in [0.1, 0.15) is 0 Å². The highest BCUT2D eigenvalue weighted by molar-refractivity contribution is 7.90. The van der Waals surface area contributed by atoms with Crippen LogP contribution in [-0.4, -0.2) is 39.7 Å². The van der Waals surface area contributed by atoms with Crippen LogP contribution in [0.25, 0.3) is 11.2 Å². The molecule has 9 heteroatoms. The number of aromatic nitrogens is 4. The summed E-state index contributed by atoms with van der Waals surface area (Å²) in [7, 11) is -3.60. The highest BCUT2D eigenvalue weighted by Crippen LogP contribution is 2.20. The van der Waals surface area contributed by atoms with Gasteiger partial charge < -0.3 is 5.32 Å². The van der Waals surface area contributed by atoms with Gasteiger partial charge in [-0.15, -0.1) is 0 Å². The number of carbonyl (C=O) groups is 1. The number of amides is 1. The first kappa shape index (κ1) is 18.9. The van der Waals surface area contributed by atoms with Gasteiger partial charge in [-0.2, -0.15) is 5.10 Å². The summed E-state index contributed by atoms with van der Waals surface area (Å²) in [6.45, 7) is 3.87. The van der Waals surface area contributed by atoms with Crippen molar-refractivity contribution < 1.29 is 13.2 Å². The lowest BCUT2D eigenvalue weighted by atomic mass is 10.2. The summed E-state index contributed by atoms with van der Waals surface area (Å²) < 4.78 is 27.3. The summed E-state index contributed by atoms with van der Waals surface area (Å²) in [6.07, 6.45) is 2.63. The summed E-state index contributed by atoms with van der Waals surface area (Å²) in [5.41, 5.74) is 3.69. The van der Waals surface area contributed by atoms with Crippen molar-refractivity contribution in [2.24, 2.45) is 0 Å². The highest BCUT2D eigenvalue weighted by Gasteiger charge is 2.22. The molecular formula is C20H19N5O3S. The van der Waals surface area contributed by atoms with E-state index in [2.05, 4.69) is 15.4 Å². The molecule has 0 fully saturated rings. The maximum Gasteiger partial charge on any atom is 0.276 e. The van der Waals surface area contributed by atoms with Crippen molar-refractivity contribution in [2.75, 3.05) is 11.6 Å². The van der Waals surface area contributed by atoms with Gasteiger partial charge >= 0.3 is 0 Å². The zero-order chi connectivity index (χ0) is 20.8. The van der Waals surface area contributed by atoms with Crippen LogP contribution in [0, 0.1) is 13.8 Å². The predicted octanol–water partition coefficient (Wildman–Crippen LogP) is 2.79. The van der Waals surface area contributed by atoms with Gasteiger partial charge in [0.2, 0.25) is 15.0 Å². The lowest BCUT2D eigenvalue weighted by Gasteiger charge is -2.08. The zero-order valence-electron chi connectivity index (χ0n) is 16.1. The third-order valence-corrected chi connectivity index (χ3v) is 5.37. The number of nitrogens with one attached hydrogen (secondary N) is 1. The molecule has 4 rings (SSSR count). The maximum absolute atomic E-state index is 12.9. The number of sulfone groups is 1. The third-order valence-electron chi connectivity index (χ3n) is 4.42. The molecule has 3 aromatic heterocycles. The molecule has 0 radical (unpaired) electrons. The summed E-state index contributed by atoms with van der Waals surface area (Å²) in [6, 6.07) is 14.3. The Kier molecular flexibility index (Phi) is 4.46. The topological polar surface area (TPSA) is 98.4 Å². The lowest BCUT2D eigenvalue weighted by Crippen LogP contribution is -2.13. The second-order valence-corrected chi connectivity index (χ2v) is 8.72. The van der Waals surface area contributed by atoms with Crippen LogP contribution >= 0.6 is 0 Å². The Balaban J connectivity index is 1.71. The van der Waals surface area contributed by atoms with Crippen LogP contribution in [0.3, 0.4) is 0 Å². The van der Waals surface area contributed by atoms with E-state index in [0.29, 0.717) is 11.2 Å². The first-order valence-corrected chi connectivity index (χ1v) is 10.8. The molecule has 3 heterocycles. The molecule has 0 aliphatic carbocycles. The van der Waals surface area contributed by atoms with Crippen molar-refractivity contribution >= 4 is 26.9 Å². The molecule has 8 nitrogen and oxygen atoms in total. The Hall–Kier alpha value is -3.46. The molecule has 1 N–H and O–H groups in total. The number of nitrogens with zero attached hydrogens (tertiary/aromatic N) is 4. The Bertz CT molecular complexity index is 1350. The molecule has 1 amide bonds. The molecule has 0 aliphatic rings. The van der Waals surface area contributed by atoms with Crippen molar-refractivity contribution in [2.45, 2.75) is 19.0 Å². The lowest BCUT2D eigenvalue weighted by molar-refractivity contribution is 0.102. The van der Waals surface area contributed by atoms with Gasteiger partial charge in [0.15, 0.2) is 5.69 Å². The third kappa shape index (κ3) is 3.52. The molecule has 0 spiro atoms. The minimum absolute atomic E-state index is 0.0440. The molecule has 0 unspecified atom stereocenters. The van der Waals surface area contributed by atoms with Gasteiger partial charge in [0.25, 0.3) is 5.91 Å². The number of anilines is 1. The van der Waals surface area contributed by atoms with E-state index in [0.717, 1.165) is 23.3 Å². The van der Waals surface area contributed by atoms with E-state index in [1.807, 2.05) is 32.0 Å². The van der Waals surface area contributed by atoms with Gasteiger partial charge in [-0.25, -0.2) is 18.1 Å². The van der Waals surface area contributed by atoms with Crippen LogP contribution in [-0.2, 0) is 9.84 Å². The van der Waals surface area contributed by atoms with E-state index in [9.17, 15) is 13.2 Å². The van der Waals surface area contributed by atoms with Crippen molar-refractivity contribution in [1.29, 1.82) is 0 Å². The number of carbonyl (C=O) groups excluding carboxylic acids is 1. The van der Waals surface area contributed by atoms with Crippen LogP contribution in [0.1, 0.15) is 21.9 Å². The number of aryl methyl sites for hydroxylation is 2. The molecule has 0 bridgehead atoms. The Morgan fingerprint density at radius 1 is 1.07 bits per heavy atom. The normalized spacial score (nSPS) is 11.7. The summed E-state index contributed by atoms with van der Waals surface area (Å²) >= 11 is 0. The van der Waals surface area contributed by atoms with E-state index in [1.54, 1.807) is 41.2 Å². The molecule has 29 heavy (non-hydrogen) atoms. The van der Waals surface area contributed by atoms with Crippen molar-refractivity contribution in [3.63, 3.8) is 0 Å². The van der Waals surface area contributed by atoms with Gasteiger partial charge in [-0.3, -0.25) is 9.20 Å². The number of hydrogen-bond donors (Lipinski definition) is 1. The van der Waals surface area contributed by atoms with Gasteiger partial charge in [0, 0.05) is 23.8 Å². The number of imidazole rings is 1. The van der Waals surface area contributed by atoms with E-state index < -0.39 is 15.7 Å². The highest BCUT2D eigenvalue weighted by atomic mass is 32.2. The monoisotopic (exact) mass is 409 g/mol. The molecule has 0 saturated heterocycles. The van der Waals surface area contributed by atoms with Crippen LogP contribution in [0.2, 0.25) is 0 Å². The molecule has 4 aromatic rings. The second kappa shape index (κ2) is 6.85. The Morgan fingerprint density at radius 2 is 1.86 bits per heavy atom. The van der Waals surface area contributed by atoms with Gasteiger partial charge in [0.05, 0.1) is 16.9 Å². The zero-order valence-corrected chi connectivity index (χ0v) is 16.9. The fourth-order valence-corrected chi connectivity index (χ4v) is 4.01. The second-order valence-electron chi connectivity index (χ2n) is 6.81. The minimum atomic E-state index is -3.60. The number of rotatable bonds is 4. The molecule has 1 aromatic carbocycles. The van der Waals surface area contributed by atoms with Crippen LogP contribution in [0.5, 0.6) is 0 Å². The summed E-state index contributed by atoms with van der Waals surface area (Å²) in [5, 5.41) is 7.08. The van der Waals surface area contributed by atoms with E-state index >= 15 is 0 Å². The van der Waals surface area contributed by atoms with Crippen molar-refractivity contribution in [3.8, 4) is 5.69 Å². The Morgan fingerprint density at radius 3 is 2.55 bits per heavy atom. The van der Waals surface area contributed by atoms with Crippen LogP contribution < -0.4 is 5.32 Å². The quantitative estimate of drug-likeness (QED) is 0.559.